The number of nitrogens with two attached hydrogens (primary N) is 1. The summed E-state index contributed by atoms with van der Waals surface area (Å²) in [6, 6.07) is 8.75. The number of nitrogens with one attached hydrogen (secondary N) is 3. The van der Waals surface area contributed by atoms with E-state index in [0.29, 0.717) is 11.4 Å². The van der Waals surface area contributed by atoms with Crippen LogP contribution >= 0.6 is 11.6 Å². The third kappa shape index (κ3) is 4.24. The number of imidazole rings is 1. The molecule has 0 fully saturated rings. The number of carbonyl (C=O) groups excluding carboxylic acids is 1. The molecule has 0 spiro atoms. The molecule has 0 saturated carbocycles. The van der Waals surface area contributed by atoms with Crippen molar-refractivity contribution >= 4 is 56.3 Å². The second kappa shape index (κ2) is 7.94. The first-order valence-corrected chi connectivity index (χ1v) is 10.5. The minimum absolute atomic E-state index is 0.0140. The van der Waals surface area contributed by atoms with Gasteiger partial charge in [-0.2, -0.15) is 13.4 Å². The third-order valence-electron chi connectivity index (χ3n) is 4.28. The summed E-state index contributed by atoms with van der Waals surface area (Å²) in [4.78, 5) is 34.2. The fourth-order valence-corrected chi connectivity index (χ4v) is 3.54. The Kier molecular flexibility index (Phi) is 5.28. The quantitative estimate of drug-likeness (QED) is 0.328. The van der Waals surface area contributed by atoms with Crippen molar-refractivity contribution < 1.29 is 17.1 Å². The zero-order chi connectivity index (χ0) is 23.0. The maximum absolute atomic E-state index is 13.2. The van der Waals surface area contributed by atoms with E-state index in [1.807, 2.05) is 0 Å². The van der Waals surface area contributed by atoms with Gasteiger partial charge in [0.25, 0.3) is 5.56 Å². The second-order valence-electron chi connectivity index (χ2n) is 6.45. The van der Waals surface area contributed by atoms with E-state index in [1.54, 1.807) is 24.3 Å². The number of hydrogen-bond acceptors (Lipinski definition) is 7. The monoisotopic (exact) mass is 477 g/mol. The molecule has 14 heteroatoms. The summed E-state index contributed by atoms with van der Waals surface area (Å²) in [5.41, 5.74) is 6.19. The van der Waals surface area contributed by atoms with Gasteiger partial charge in [-0.1, -0.05) is 17.7 Å². The zero-order valence-electron chi connectivity index (χ0n) is 15.8. The number of aromatic amines is 1. The van der Waals surface area contributed by atoms with Crippen LogP contribution in [0.25, 0.3) is 16.9 Å². The van der Waals surface area contributed by atoms with Crippen molar-refractivity contribution in [2.24, 2.45) is 0 Å². The Labute approximate surface area is 184 Å². The van der Waals surface area contributed by atoms with Crippen LogP contribution in [0, 0.1) is 0 Å². The standard InChI is InChI=1S/C18H13ClFN7O4S/c19-12-5-4-11(32(20,30)31)7-13(12)24-18(29)23-9-2-1-3-10(6-9)27-8-22-14-15(27)25-17(21)26-16(14)28/h1-8H,(H2,23,24,29)(H3,21,25,26,28). The van der Waals surface area contributed by atoms with Crippen molar-refractivity contribution in [3.8, 4) is 5.69 Å². The summed E-state index contributed by atoms with van der Waals surface area (Å²) in [7, 11) is -4.97. The van der Waals surface area contributed by atoms with Crippen molar-refractivity contribution in [2.75, 3.05) is 16.4 Å². The second-order valence-corrected chi connectivity index (χ2v) is 8.20. The van der Waals surface area contributed by atoms with Crippen molar-refractivity contribution in [3.05, 3.63) is 64.2 Å². The van der Waals surface area contributed by atoms with Gasteiger partial charge in [0.15, 0.2) is 11.2 Å². The number of fused-ring (bicyclic) bond motifs is 1. The highest BCUT2D eigenvalue weighted by Gasteiger charge is 2.16. The molecule has 0 radical (unpaired) electrons. The minimum Gasteiger partial charge on any atom is -0.369 e. The van der Waals surface area contributed by atoms with Crippen molar-refractivity contribution in [1.29, 1.82) is 0 Å². The molecule has 2 aromatic heterocycles. The van der Waals surface area contributed by atoms with Gasteiger partial charge < -0.3 is 16.4 Å². The van der Waals surface area contributed by atoms with E-state index in [4.69, 9.17) is 17.3 Å². The van der Waals surface area contributed by atoms with Gasteiger partial charge in [0.2, 0.25) is 5.95 Å². The first-order valence-electron chi connectivity index (χ1n) is 8.77. The van der Waals surface area contributed by atoms with E-state index < -0.39 is 26.7 Å². The lowest BCUT2D eigenvalue weighted by Gasteiger charge is -2.11. The molecule has 0 unspecified atom stereocenters. The lowest BCUT2D eigenvalue weighted by atomic mass is 10.2. The fraction of sp³-hybridized carbons (Fsp3) is 0. The highest BCUT2D eigenvalue weighted by molar-refractivity contribution is 7.86. The molecule has 2 aromatic carbocycles. The number of urea groups is 1. The Balaban J connectivity index is 1.59. The fourth-order valence-electron chi connectivity index (χ4n) is 2.89. The molecule has 2 amide bonds. The van der Waals surface area contributed by atoms with Gasteiger partial charge in [-0.15, -0.1) is 3.89 Å². The molecule has 0 saturated heterocycles. The molecular weight excluding hydrogens is 465 g/mol. The van der Waals surface area contributed by atoms with Crippen LogP contribution in [0.1, 0.15) is 0 Å². The summed E-state index contributed by atoms with van der Waals surface area (Å²) < 4.78 is 36.9. The molecule has 4 aromatic rings. The van der Waals surface area contributed by atoms with Crippen molar-refractivity contribution in [1.82, 2.24) is 19.5 Å². The van der Waals surface area contributed by atoms with Crippen LogP contribution in [0.15, 0.2) is 58.5 Å². The van der Waals surface area contributed by atoms with Crippen LogP contribution in [-0.4, -0.2) is 34.0 Å². The molecule has 4 rings (SSSR count). The van der Waals surface area contributed by atoms with Gasteiger partial charge in [-0.25, -0.2) is 9.78 Å². The zero-order valence-corrected chi connectivity index (χ0v) is 17.4. The Morgan fingerprint density at radius 1 is 1.19 bits per heavy atom. The predicted molar refractivity (Wildman–Crippen MR) is 116 cm³/mol. The van der Waals surface area contributed by atoms with E-state index in [0.717, 1.165) is 18.2 Å². The van der Waals surface area contributed by atoms with E-state index in [1.165, 1.54) is 10.9 Å². The van der Waals surface area contributed by atoms with Crippen molar-refractivity contribution in [2.45, 2.75) is 4.90 Å². The number of halogens is 2. The van der Waals surface area contributed by atoms with E-state index in [9.17, 15) is 21.9 Å². The van der Waals surface area contributed by atoms with Crippen LogP contribution in [0.5, 0.6) is 0 Å². The number of anilines is 3. The molecule has 0 aliphatic carbocycles. The maximum atomic E-state index is 13.2. The molecule has 0 aliphatic heterocycles. The summed E-state index contributed by atoms with van der Waals surface area (Å²) in [6.07, 6.45) is 1.38. The SMILES string of the molecule is Nc1nc2c(ncn2-c2cccc(NC(=O)Nc3cc(S(=O)(=O)F)ccc3Cl)c2)c(=O)[nH]1. The van der Waals surface area contributed by atoms with Gasteiger partial charge in [-0.05, 0) is 36.4 Å². The molecule has 5 N–H and O–H groups in total. The summed E-state index contributed by atoms with van der Waals surface area (Å²) >= 11 is 5.95. The molecular formula is C18H13ClFN7O4S. The van der Waals surface area contributed by atoms with E-state index in [-0.39, 0.29) is 27.8 Å². The average molecular weight is 478 g/mol. The van der Waals surface area contributed by atoms with Gasteiger partial charge in [0.05, 0.1) is 16.4 Å². The first kappa shape index (κ1) is 21.3. The molecule has 11 nitrogen and oxygen atoms in total. The van der Waals surface area contributed by atoms with Crippen LogP contribution < -0.4 is 21.9 Å². The highest BCUT2D eigenvalue weighted by Crippen LogP contribution is 2.26. The van der Waals surface area contributed by atoms with Gasteiger partial charge in [-0.3, -0.25) is 14.3 Å². The van der Waals surface area contributed by atoms with Crippen LogP contribution in [-0.2, 0) is 10.2 Å². The van der Waals surface area contributed by atoms with Gasteiger partial charge >= 0.3 is 16.3 Å². The summed E-state index contributed by atoms with van der Waals surface area (Å²) in [5, 5.41) is 4.93. The lowest BCUT2D eigenvalue weighted by Crippen LogP contribution is -2.20. The molecule has 164 valence electrons. The highest BCUT2D eigenvalue weighted by atomic mass is 35.5. The number of carbonyl (C=O) groups is 1. The number of aromatic nitrogens is 4. The number of hydrogen-bond donors (Lipinski definition) is 4. The van der Waals surface area contributed by atoms with Gasteiger partial charge in [0, 0.05) is 5.69 Å². The number of rotatable bonds is 4. The third-order valence-corrected chi connectivity index (χ3v) is 5.42. The van der Waals surface area contributed by atoms with Gasteiger partial charge in [0.1, 0.15) is 11.2 Å². The Morgan fingerprint density at radius 3 is 2.72 bits per heavy atom. The maximum Gasteiger partial charge on any atom is 0.332 e. The van der Waals surface area contributed by atoms with E-state index in [2.05, 4.69) is 25.6 Å². The minimum atomic E-state index is -4.97. The van der Waals surface area contributed by atoms with Crippen molar-refractivity contribution in [3.63, 3.8) is 0 Å². The number of amides is 2. The Hall–Kier alpha value is -3.97. The Morgan fingerprint density at radius 2 is 1.97 bits per heavy atom. The summed E-state index contributed by atoms with van der Waals surface area (Å²) in [5.74, 6) is -0.0766. The largest absolute Gasteiger partial charge is 0.369 e. The topological polar surface area (TPSA) is 165 Å². The molecule has 2 heterocycles. The number of nitrogens with zero attached hydrogens (tertiary/aromatic N) is 3. The number of nitrogen functional groups attached to an aromatic ring is 1. The normalized spacial score (nSPS) is 11.4. The summed E-state index contributed by atoms with van der Waals surface area (Å²) in [6.45, 7) is 0. The van der Waals surface area contributed by atoms with Crippen LogP contribution in [0.4, 0.5) is 26.0 Å². The lowest BCUT2D eigenvalue weighted by molar-refractivity contribution is 0.262. The predicted octanol–water partition coefficient (Wildman–Crippen LogP) is 2.65. The van der Waals surface area contributed by atoms with E-state index >= 15 is 0 Å². The average Bonchev–Trinajstić information content (AvgIpc) is 3.13. The molecule has 0 bridgehead atoms. The van der Waals surface area contributed by atoms with Crippen LogP contribution in [0.2, 0.25) is 5.02 Å². The van der Waals surface area contributed by atoms with Crippen LogP contribution in [0.3, 0.4) is 0 Å². The molecule has 32 heavy (non-hydrogen) atoms. The number of H-pyrrole nitrogens is 1. The smallest absolute Gasteiger partial charge is 0.332 e. The Bertz CT molecular complexity index is 1530. The number of benzene rings is 2. The molecule has 0 aliphatic rings. The first-order chi connectivity index (χ1) is 15.1. The molecule has 0 atom stereocenters.